The van der Waals surface area contributed by atoms with Crippen molar-refractivity contribution in [2.45, 2.75) is 36.0 Å². The van der Waals surface area contributed by atoms with Gasteiger partial charge in [0.15, 0.2) is 9.84 Å². The standard InChI is InChI=1S/C18H18FNO3S/c1-12(24(22,23)15-9-7-14(19)8-10-15)18(21)20-17-11-6-13-4-2-3-5-16(13)17/h2-5,7-10,12,17H,6,11H2,1H3,(H,20,21)/t12-,17+/m0/s1. The van der Waals surface area contributed by atoms with Crippen molar-refractivity contribution in [3.63, 3.8) is 0 Å². The summed E-state index contributed by atoms with van der Waals surface area (Å²) in [4.78, 5) is 12.4. The molecule has 0 heterocycles. The molecule has 1 aliphatic carbocycles. The van der Waals surface area contributed by atoms with Crippen molar-refractivity contribution in [2.24, 2.45) is 0 Å². The number of sulfone groups is 1. The largest absolute Gasteiger partial charge is 0.348 e. The topological polar surface area (TPSA) is 63.2 Å². The first-order chi connectivity index (χ1) is 11.4. The van der Waals surface area contributed by atoms with Crippen LogP contribution in [0.3, 0.4) is 0 Å². The Bertz CT molecular complexity index is 862. The van der Waals surface area contributed by atoms with E-state index >= 15 is 0 Å². The summed E-state index contributed by atoms with van der Waals surface area (Å²) in [6.07, 6.45) is 1.62. The summed E-state index contributed by atoms with van der Waals surface area (Å²) in [5.74, 6) is -1.06. The Balaban J connectivity index is 1.77. The third-order valence-electron chi connectivity index (χ3n) is 4.43. The van der Waals surface area contributed by atoms with Gasteiger partial charge in [0, 0.05) is 0 Å². The van der Waals surface area contributed by atoms with Gasteiger partial charge in [-0.2, -0.15) is 0 Å². The molecule has 1 aliphatic rings. The number of hydrogen-bond donors (Lipinski definition) is 1. The van der Waals surface area contributed by atoms with Crippen LogP contribution >= 0.6 is 0 Å². The van der Waals surface area contributed by atoms with Gasteiger partial charge in [-0.3, -0.25) is 4.79 Å². The van der Waals surface area contributed by atoms with Gasteiger partial charge in [0.25, 0.3) is 0 Å². The molecule has 0 unspecified atom stereocenters. The quantitative estimate of drug-likeness (QED) is 0.865. The molecule has 0 fully saturated rings. The number of halogens is 1. The van der Waals surface area contributed by atoms with E-state index in [-0.39, 0.29) is 10.9 Å². The normalized spacial score (nSPS) is 18.0. The first-order valence-corrected chi connectivity index (χ1v) is 9.32. The molecule has 1 amide bonds. The minimum absolute atomic E-state index is 0.0571. The Labute approximate surface area is 140 Å². The zero-order chi connectivity index (χ0) is 17.3. The molecule has 6 heteroatoms. The Morgan fingerprint density at radius 3 is 2.54 bits per heavy atom. The fourth-order valence-electron chi connectivity index (χ4n) is 2.97. The highest BCUT2D eigenvalue weighted by atomic mass is 32.2. The van der Waals surface area contributed by atoms with Crippen molar-refractivity contribution in [1.82, 2.24) is 5.32 Å². The van der Waals surface area contributed by atoms with E-state index < -0.39 is 26.8 Å². The maximum absolute atomic E-state index is 13.0. The van der Waals surface area contributed by atoms with E-state index in [0.717, 1.165) is 30.5 Å². The summed E-state index contributed by atoms with van der Waals surface area (Å²) < 4.78 is 38.0. The van der Waals surface area contributed by atoms with Crippen molar-refractivity contribution in [1.29, 1.82) is 0 Å². The van der Waals surface area contributed by atoms with E-state index in [1.165, 1.54) is 24.6 Å². The molecule has 0 saturated carbocycles. The molecule has 0 radical (unpaired) electrons. The molecule has 126 valence electrons. The van der Waals surface area contributed by atoms with Gasteiger partial charge in [-0.25, -0.2) is 12.8 Å². The van der Waals surface area contributed by atoms with Crippen molar-refractivity contribution >= 4 is 15.7 Å². The highest BCUT2D eigenvalue weighted by Gasteiger charge is 2.32. The second-order valence-electron chi connectivity index (χ2n) is 5.94. The highest BCUT2D eigenvalue weighted by Crippen LogP contribution is 2.31. The molecule has 2 aromatic carbocycles. The first-order valence-electron chi connectivity index (χ1n) is 7.77. The van der Waals surface area contributed by atoms with Crippen LogP contribution in [-0.4, -0.2) is 19.6 Å². The zero-order valence-corrected chi connectivity index (χ0v) is 14.0. The Morgan fingerprint density at radius 2 is 1.83 bits per heavy atom. The number of rotatable bonds is 4. The molecule has 2 atom stereocenters. The monoisotopic (exact) mass is 347 g/mol. The molecule has 1 N–H and O–H groups in total. The lowest BCUT2D eigenvalue weighted by atomic mass is 10.1. The average molecular weight is 347 g/mol. The molecule has 3 rings (SSSR count). The molecule has 0 bridgehead atoms. The lowest BCUT2D eigenvalue weighted by Gasteiger charge is -2.18. The second kappa shape index (κ2) is 6.36. The summed E-state index contributed by atoms with van der Waals surface area (Å²) in [7, 11) is -3.85. The molecule has 24 heavy (non-hydrogen) atoms. The van der Waals surface area contributed by atoms with Gasteiger partial charge < -0.3 is 5.32 Å². The van der Waals surface area contributed by atoms with Gasteiger partial charge in [-0.1, -0.05) is 24.3 Å². The van der Waals surface area contributed by atoms with Gasteiger partial charge in [-0.05, 0) is 55.2 Å². The van der Waals surface area contributed by atoms with Crippen LogP contribution in [0.4, 0.5) is 4.39 Å². The van der Waals surface area contributed by atoms with E-state index in [0.29, 0.717) is 0 Å². The van der Waals surface area contributed by atoms with Crippen LogP contribution in [0.25, 0.3) is 0 Å². The molecule has 0 saturated heterocycles. The van der Waals surface area contributed by atoms with E-state index in [2.05, 4.69) is 5.32 Å². The second-order valence-corrected chi connectivity index (χ2v) is 8.21. The minimum atomic E-state index is -3.85. The van der Waals surface area contributed by atoms with Crippen LogP contribution in [0, 0.1) is 5.82 Å². The molecule has 0 aromatic heterocycles. The van der Waals surface area contributed by atoms with Gasteiger partial charge in [0.1, 0.15) is 11.1 Å². The Hall–Kier alpha value is -2.21. The number of hydrogen-bond acceptors (Lipinski definition) is 3. The van der Waals surface area contributed by atoms with Gasteiger partial charge in [-0.15, -0.1) is 0 Å². The van der Waals surface area contributed by atoms with E-state index in [1.54, 1.807) is 0 Å². The van der Waals surface area contributed by atoms with Crippen LogP contribution in [-0.2, 0) is 21.1 Å². The fraction of sp³-hybridized carbons (Fsp3) is 0.278. The zero-order valence-electron chi connectivity index (χ0n) is 13.2. The average Bonchev–Trinajstić information content (AvgIpc) is 2.97. The third-order valence-corrected chi connectivity index (χ3v) is 6.50. The van der Waals surface area contributed by atoms with Crippen LogP contribution in [0.15, 0.2) is 53.4 Å². The van der Waals surface area contributed by atoms with Crippen molar-refractivity contribution < 1.29 is 17.6 Å². The summed E-state index contributed by atoms with van der Waals surface area (Å²) in [5.41, 5.74) is 2.22. The predicted octanol–water partition coefficient (Wildman–Crippen LogP) is 2.79. The van der Waals surface area contributed by atoms with E-state index in [4.69, 9.17) is 0 Å². The SMILES string of the molecule is C[C@@H](C(=O)N[C@@H]1CCc2ccccc21)S(=O)(=O)c1ccc(F)cc1. The van der Waals surface area contributed by atoms with Crippen molar-refractivity contribution in [3.05, 3.63) is 65.5 Å². The van der Waals surface area contributed by atoms with Crippen molar-refractivity contribution in [3.8, 4) is 0 Å². The molecular weight excluding hydrogens is 329 g/mol. The van der Waals surface area contributed by atoms with E-state index in [1.807, 2.05) is 24.3 Å². The number of aryl methyl sites for hydroxylation is 1. The number of carbonyl (C=O) groups is 1. The van der Waals surface area contributed by atoms with Gasteiger partial charge >= 0.3 is 0 Å². The Kier molecular flexibility index (Phi) is 4.41. The predicted molar refractivity (Wildman–Crippen MR) is 88.7 cm³/mol. The van der Waals surface area contributed by atoms with Crippen LogP contribution < -0.4 is 5.32 Å². The number of benzene rings is 2. The number of fused-ring (bicyclic) bond motifs is 1. The van der Waals surface area contributed by atoms with Crippen LogP contribution in [0.1, 0.15) is 30.5 Å². The number of amides is 1. The molecule has 4 nitrogen and oxygen atoms in total. The Morgan fingerprint density at radius 1 is 1.17 bits per heavy atom. The van der Waals surface area contributed by atoms with Gasteiger partial charge in [0.05, 0.1) is 10.9 Å². The van der Waals surface area contributed by atoms with Crippen LogP contribution in [0.5, 0.6) is 0 Å². The summed E-state index contributed by atoms with van der Waals surface area (Å²) >= 11 is 0. The minimum Gasteiger partial charge on any atom is -0.348 e. The maximum atomic E-state index is 13.0. The van der Waals surface area contributed by atoms with Gasteiger partial charge in [0.2, 0.25) is 5.91 Å². The van der Waals surface area contributed by atoms with Crippen LogP contribution in [0.2, 0.25) is 0 Å². The molecule has 2 aromatic rings. The summed E-state index contributed by atoms with van der Waals surface area (Å²) in [5, 5.41) is 1.59. The smallest absolute Gasteiger partial charge is 0.238 e. The summed E-state index contributed by atoms with van der Waals surface area (Å²) in [6, 6.07) is 12.2. The lowest BCUT2D eigenvalue weighted by molar-refractivity contribution is -0.121. The maximum Gasteiger partial charge on any atom is 0.238 e. The molecular formula is C18H18FNO3S. The molecule has 0 aliphatic heterocycles. The number of nitrogens with one attached hydrogen (secondary N) is 1. The molecule has 0 spiro atoms. The fourth-order valence-corrected chi connectivity index (χ4v) is 4.24. The summed E-state index contributed by atoms with van der Waals surface area (Å²) in [6.45, 7) is 1.36. The third kappa shape index (κ3) is 3.06. The van der Waals surface area contributed by atoms with Crippen molar-refractivity contribution in [2.75, 3.05) is 0 Å². The van der Waals surface area contributed by atoms with E-state index in [9.17, 15) is 17.6 Å². The number of carbonyl (C=O) groups excluding carboxylic acids is 1. The first kappa shape index (κ1) is 16.6. The lowest BCUT2D eigenvalue weighted by Crippen LogP contribution is -2.39. The highest BCUT2D eigenvalue weighted by molar-refractivity contribution is 7.92.